The molecule has 1 fully saturated rings. The van der Waals surface area contributed by atoms with Crippen LogP contribution in [0.5, 0.6) is 0 Å². The minimum absolute atomic E-state index is 0.204. The van der Waals surface area contributed by atoms with Gasteiger partial charge in [-0.25, -0.2) is 4.68 Å². The van der Waals surface area contributed by atoms with Gasteiger partial charge in [0.05, 0.1) is 6.04 Å². The lowest BCUT2D eigenvalue weighted by atomic mass is 10.0. The van der Waals surface area contributed by atoms with E-state index in [0.29, 0.717) is 5.92 Å². The number of ether oxygens (including phenoxy) is 1. The van der Waals surface area contributed by atoms with Crippen molar-refractivity contribution < 1.29 is 4.74 Å². The Labute approximate surface area is 102 Å². The highest BCUT2D eigenvalue weighted by Crippen LogP contribution is 2.18. The van der Waals surface area contributed by atoms with E-state index in [1.807, 2.05) is 4.68 Å². The van der Waals surface area contributed by atoms with E-state index in [0.717, 1.165) is 45.0 Å². The monoisotopic (exact) mass is 239 g/mol. The molecule has 1 unspecified atom stereocenters. The Bertz CT molecular complexity index is 334. The van der Waals surface area contributed by atoms with Gasteiger partial charge in [-0.15, -0.1) is 5.10 Å². The number of rotatable bonds is 5. The van der Waals surface area contributed by atoms with Crippen molar-refractivity contribution in [1.29, 1.82) is 0 Å². The van der Waals surface area contributed by atoms with Gasteiger partial charge in [0, 0.05) is 19.8 Å². The molecule has 17 heavy (non-hydrogen) atoms. The Balaban J connectivity index is 1.97. The number of tetrazole rings is 1. The maximum Gasteiger partial charge on any atom is 0.167 e. The van der Waals surface area contributed by atoms with Crippen LogP contribution in [-0.2, 0) is 11.3 Å². The first kappa shape index (κ1) is 12.4. The number of hydrogen-bond donors (Lipinski definition) is 1. The topological polar surface area (TPSA) is 64.9 Å². The number of nitrogens with one attached hydrogen (secondary N) is 1. The van der Waals surface area contributed by atoms with Gasteiger partial charge in [-0.3, -0.25) is 0 Å². The predicted octanol–water partition coefficient (Wildman–Crippen LogP) is 0.770. The molecule has 0 radical (unpaired) electrons. The van der Waals surface area contributed by atoms with Crippen LogP contribution in [-0.4, -0.2) is 40.0 Å². The molecule has 2 rings (SSSR count). The molecular weight excluding hydrogens is 218 g/mol. The zero-order chi connectivity index (χ0) is 12.1. The molecule has 1 N–H and O–H groups in total. The van der Waals surface area contributed by atoms with Crippen molar-refractivity contribution >= 4 is 0 Å². The fraction of sp³-hybridized carbons (Fsp3) is 0.909. The normalized spacial score (nSPS) is 19.4. The average Bonchev–Trinajstić information content (AvgIpc) is 2.79. The molecule has 6 heteroatoms. The molecule has 0 bridgehead atoms. The van der Waals surface area contributed by atoms with E-state index >= 15 is 0 Å². The maximum absolute atomic E-state index is 5.36. The molecule has 1 aliphatic rings. The van der Waals surface area contributed by atoms with Gasteiger partial charge >= 0.3 is 0 Å². The van der Waals surface area contributed by atoms with E-state index in [1.54, 1.807) is 0 Å². The summed E-state index contributed by atoms with van der Waals surface area (Å²) in [5.74, 6) is 1.57. The fourth-order valence-corrected chi connectivity index (χ4v) is 2.22. The molecule has 0 aromatic carbocycles. The van der Waals surface area contributed by atoms with E-state index in [-0.39, 0.29) is 6.04 Å². The zero-order valence-electron chi connectivity index (χ0n) is 10.6. The molecule has 96 valence electrons. The first-order chi connectivity index (χ1) is 8.31. The third-order valence-electron chi connectivity index (χ3n) is 3.23. The summed E-state index contributed by atoms with van der Waals surface area (Å²) < 4.78 is 7.30. The molecule has 0 spiro atoms. The molecule has 0 amide bonds. The van der Waals surface area contributed by atoms with Crippen molar-refractivity contribution in [2.45, 2.75) is 39.3 Å². The molecule has 6 nitrogen and oxygen atoms in total. The van der Waals surface area contributed by atoms with Crippen LogP contribution in [0, 0.1) is 5.92 Å². The van der Waals surface area contributed by atoms with Gasteiger partial charge in [0.2, 0.25) is 0 Å². The van der Waals surface area contributed by atoms with Crippen molar-refractivity contribution in [3.05, 3.63) is 5.82 Å². The zero-order valence-corrected chi connectivity index (χ0v) is 10.6. The lowest BCUT2D eigenvalue weighted by molar-refractivity contribution is 0.0595. The number of aromatic nitrogens is 4. The van der Waals surface area contributed by atoms with Gasteiger partial charge in [0.15, 0.2) is 5.82 Å². The van der Waals surface area contributed by atoms with Crippen LogP contribution in [0.2, 0.25) is 0 Å². The largest absolute Gasteiger partial charge is 0.381 e. The standard InChI is InChI=1S/C11H21N5O/c1-3-12-9(2)11-13-14-15-16(11)8-10-4-6-17-7-5-10/h9-10,12H,3-8H2,1-2H3. The highest BCUT2D eigenvalue weighted by atomic mass is 16.5. The SMILES string of the molecule is CCNC(C)c1nnnn1CC1CCOCC1. The fourth-order valence-electron chi connectivity index (χ4n) is 2.22. The molecule has 1 aromatic heterocycles. The average molecular weight is 239 g/mol. The molecule has 0 aliphatic carbocycles. The van der Waals surface area contributed by atoms with Crippen molar-refractivity contribution in [3.63, 3.8) is 0 Å². The summed E-state index contributed by atoms with van der Waals surface area (Å²) in [6.45, 7) is 7.74. The first-order valence-corrected chi connectivity index (χ1v) is 6.38. The Morgan fingerprint density at radius 1 is 1.47 bits per heavy atom. The molecule has 0 saturated carbocycles. The summed E-state index contributed by atoms with van der Waals surface area (Å²) in [6.07, 6.45) is 2.21. The van der Waals surface area contributed by atoms with Crippen molar-refractivity contribution in [2.75, 3.05) is 19.8 Å². The highest BCUT2D eigenvalue weighted by molar-refractivity contribution is 4.89. The Hall–Kier alpha value is -1.01. The predicted molar refractivity (Wildman–Crippen MR) is 63.5 cm³/mol. The minimum Gasteiger partial charge on any atom is -0.381 e. The van der Waals surface area contributed by atoms with Gasteiger partial charge in [0.25, 0.3) is 0 Å². The van der Waals surface area contributed by atoms with E-state index in [4.69, 9.17) is 4.74 Å². The van der Waals surface area contributed by atoms with Gasteiger partial charge in [-0.2, -0.15) is 0 Å². The quantitative estimate of drug-likeness (QED) is 0.822. The summed E-state index contributed by atoms with van der Waals surface area (Å²) in [7, 11) is 0. The first-order valence-electron chi connectivity index (χ1n) is 6.38. The van der Waals surface area contributed by atoms with Crippen LogP contribution in [0.3, 0.4) is 0 Å². The third-order valence-corrected chi connectivity index (χ3v) is 3.23. The van der Waals surface area contributed by atoms with E-state index < -0.39 is 0 Å². The maximum atomic E-state index is 5.36. The smallest absolute Gasteiger partial charge is 0.167 e. The van der Waals surface area contributed by atoms with Gasteiger partial charge in [-0.1, -0.05) is 6.92 Å². The van der Waals surface area contributed by atoms with Crippen molar-refractivity contribution in [1.82, 2.24) is 25.5 Å². The van der Waals surface area contributed by atoms with E-state index in [2.05, 4.69) is 34.7 Å². The van der Waals surface area contributed by atoms with Crippen LogP contribution in [0.4, 0.5) is 0 Å². The molecule has 1 aromatic rings. The van der Waals surface area contributed by atoms with Crippen LogP contribution in [0.1, 0.15) is 38.6 Å². The number of hydrogen-bond acceptors (Lipinski definition) is 5. The lowest BCUT2D eigenvalue weighted by Gasteiger charge is -2.22. The summed E-state index contributed by atoms with van der Waals surface area (Å²) in [5.41, 5.74) is 0. The molecule has 1 aliphatic heterocycles. The third kappa shape index (κ3) is 3.23. The highest BCUT2D eigenvalue weighted by Gasteiger charge is 2.19. The second-order valence-electron chi connectivity index (χ2n) is 4.55. The Morgan fingerprint density at radius 3 is 2.94 bits per heavy atom. The minimum atomic E-state index is 0.204. The Kier molecular flexibility index (Phi) is 4.44. The number of nitrogens with zero attached hydrogens (tertiary/aromatic N) is 4. The molecule has 1 atom stereocenters. The lowest BCUT2D eigenvalue weighted by Crippen LogP contribution is -2.26. The summed E-state index contributed by atoms with van der Waals surface area (Å²) in [6, 6.07) is 0.204. The molecule has 2 heterocycles. The Morgan fingerprint density at radius 2 is 2.24 bits per heavy atom. The van der Waals surface area contributed by atoms with Crippen LogP contribution < -0.4 is 5.32 Å². The van der Waals surface area contributed by atoms with E-state index in [9.17, 15) is 0 Å². The van der Waals surface area contributed by atoms with Crippen LogP contribution in [0.15, 0.2) is 0 Å². The van der Waals surface area contributed by atoms with Gasteiger partial charge < -0.3 is 10.1 Å². The molecular formula is C11H21N5O. The second kappa shape index (κ2) is 6.07. The second-order valence-corrected chi connectivity index (χ2v) is 4.55. The van der Waals surface area contributed by atoms with Crippen LogP contribution in [0.25, 0.3) is 0 Å². The van der Waals surface area contributed by atoms with Crippen LogP contribution >= 0.6 is 0 Å². The van der Waals surface area contributed by atoms with Crippen molar-refractivity contribution in [2.24, 2.45) is 5.92 Å². The van der Waals surface area contributed by atoms with E-state index in [1.165, 1.54) is 0 Å². The summed E-state index contributed by atoms with van der Waals surface area (Å²) in [4.78, 5) is 0. The van der Waals surface area contributed by atoms with Crippen molar-refractivity contribution in [3.8, 4) is 0 Å². The summed E-state index contributed by atoms with van der Waals surface area (Å²) in [5, 5.41) is 15.3. The summed E-state index contributed by atoms with van der Waals surface area (Å²) >= 11 is 0. The van der Waals surface area contributed by atoms with Gasteiger partial charge in [-0.05, 0) is 42.7 Å². The molecule has 1 saturated heterocycles. The van der Waals surface area contributed by atoms with Gasteiger partial charge in [0.1, 0.15) is 0 Å².